The normalized spacial score (nSPS) is 20.3. The van der Waals surface area contributed by atoms with Crippen LogP contribution in [-0.2, 0) is 9.53 Å². The second-order valence-corrected chi connectivity index (χ2v) is 7.81. The van der Waals surface area contributed by atoms with E-state index in [0.29, 0.717) is 31.1 Å². The molecule has 152 valence electrons. The highest BCUT2D eigenvalue weighted by Gasteiger charge is 2.32. The molecule has 5 nitrogen and oxygen atoms in total. The Morgan fingerprint density at radius 2 is 1.55 bits per heavy atom. The minimum atomic E-state index is -0.131. The van der Waals surface area contributed by atoms with Gasteiger partial charge in [0.25, 0.3) is 0 Å². The summed E-state index contributed by atoms with van der Waals surface area (Å²) in [5, 5.41) is 0. The van der Waals surface area contributed by atoms with E-state index >= 15 is 0 Å². The van der Waals surface area contributed by atoms with E-state index in [-0.39, 0.29) is 23.5 Å². The number of hydrogen-bond acceptors (Lipinski definition) is 4. The fraction of sp³-hybridized carbons (Fsp3) is 0.417. The summed E-state index contributed by atoms with van der Waals surface area (Å²) in [4.78, 5) is 27.7. The van der Waals surface area contributed by atoms with E-state index in [1.807, 2.05) is 59.5 Å². The van der Waals surface area contributed by atoms with Gasteiger partial charge in [-0.2, -0.15) is 0 Å². The lowest BCUT2D eigenvalue weighted by atomic mass is 9.88. The van der Waals surface area contributed by atoms with E-state index in [0.717, 1.165) is 38.0 Å². The number of Topliss-reactive ketones (excluding diaryl/α,β-unsaturated/α-hetero) is 1. The first-order valence-corrected chi connectivity index (χ1v) is 10.4. The van der Waals surface area contributed by atoms with E-state index in [4.69, 9.17) is 9.47 Å². The average molecular weight is 393 g/mol. The van der Waals surface area contributed by atoms with Crippen molar-refractivity contribution in [3.63, 3.8) is 0 Å². The lowest BCUT2D eigenvalue weighted by Crippen LogP contribution is -2.45. The van der Waals surface area contributed by atoms with Crippen molar-refractivity contribution in [1.29, 1.82) is 0 Å². The Morgan fingerprint density at radius 3 is 2.28 bits per heavy atom. The average Bonchev–Trinajstić information content (AvgIpc) is 2.80. The predicted molar refractivity (Wildman–Crippen MR) is 110 cm³/mol. The third kappa shape index (κ3) is 4.85. The maximum atomic E-state index is 13.0. The van der Waals surface area contributed by atoms with E-state index < -0.39 is 0 Å². The van der Waals surface area contributed by atoms with Crippen LogP contribution in [0.5, 0.6) is 11.5 Å². The highest BCUT2D eigenvalue weighted by Crippen LogP contribution is 2.26. The summed E-state index contributed by atoms with van der Waals surface area (Å²) in [6, 6.07) is 16.9. The molecule has 2 saturated heterocycles. The Balaban J connectivity index is 1.37. The Hall–Kier alpha value is -2.66. The number of para-hydroxylation sites is 1. The monoisotopic (exact) mass is 393 g/mol. The highest BCUT2D eigenvalue weighted by molar-refractivity contribution is 5.98. The molecule has 0 saturated carbocycles. The highest BCUT2D eigenvalue weighted by atomic mass is 16.5. The van der Waals surface area contributed by atoms with Gasteiger partial charge in [0.05, 0.1) is 0 Å². The van der Waals surface area contributed by atoms with E-state index in [2.05, 4.69) is 0 Å². The zero-order valence-corrected chi connectivity index (χ0v) is 16.6. The largest absolute Gasteiger partial charge is 0.457 e. The summed E-state index contributed by atoms with van der Waals surface area (Å²) in [6.45, 7) is 2.59. The number of ketones is 1. The first kappa shape index (κ1) is 19.6. The minimum Gasteiger partial charge on any atom is -0.457 e. The quantitative estimate of drug-likeness (QED) is 0.710. The van der Waals surface area contributed by atoms with E-state index in [9.17, 15) is 9.59 Å². The van der Waals surface area contributed by atoms with Crippen LogP contribution in [0.15, 0.2) is 54.6 Å². The fourth-order valence-corrected chi connectivity index (χ4v) is 4.14. The first-order chi connectivity index (χ1) is 14.2. The van der Waals surface area contributed by atoms with Crippen molar-refractivity contribution in [3.8, 4) is 11.5 Å². The van der Waals surface area contributed by atoms with Crippen molar-refractivity contribution in [3.05, 3.63) is 60.2 Å². The molecule has 2 heterocycles. The first-order valence-electron chi connectivity index (χ1n) is 10.4. The molecule has 2 aliphatic heterocycles. The summed E-state index contributed by atoms with van der Waals surface area (Å²) < 4.78 is 11.2. The van der Waals surface area contributed by atoms with Crippen LogP contribution >= 0.6 is 0 Å². The lowest BCUT2D eigenvalue weighted by molar-refractivity contribution is -0.140. The van der Waals surface area contributed by atoms with Crippen molar-refractivity contribution in [2.75, 3.05) is 26.3 Å². The van der Waals surface area contributed by atoms with Crippen LogP contribution in [0.2, 0.25) is 0 Å². The smallest absolute Gasteiger partial charge is 0.225 e. The third-order valence-corrected chi connectivity index (χ3v) is 5.79. The van der Waals surface area contributed by atoms with Gasteiger partial charge >= 0.3 is 0 Å². The van der Waals surface area contributed by atoms with Crippen LogP contribution in [0, 0.1) is 11.8 Å². The summed E-state index contributed by atoms with van der Waals surface area (Å²) in [7, 11) is 0. The molecule has 29 heavy (non-hydrogen) atoms. The molecule has 2 aliphatic rings. The SMILES string of the molecule is O=C(c1ccc(Oc2ccccc2)cc1)[C@@H]1CCCN(C(=O)C2CCOCC2)C1. The summed E-state index contributed by atoms with van der Waals surface area (Å²) >= 11 is 0. The van der Waals surface area contributed by atoms with Crippen LogP contribution in [0.25, 0.3) is 0 Å². The molecule has 4 rings (SSSR count). The Bertz CT molecular complexity index is 828. The van der Waals surface area contributed by atoms with E-state index in [1.165, 1.54) is 0 Å². The van der Waals surface area contributed by atoms with Gasteiger partial charge in [0.1, 0.15) is 11.5 Å². The second kappa shape index (κ2) is 9.23. The molecule has 1 atom stereocenters. The number of ether oxygens (including phenoxy) is 2. The lowest BCUT2D eigenvalue weighted by Gasteiger charge is -2.35. The van der Waals surface area contributed by atoms with Crippen molar-refractivity contribution in [2.24, 2.45) is 11.8 Å². The minimum absolute atomic E-state index is 0.0482. The molecule has 0 unspecified atom stereocenters. The second-order valence-electron chi connectivity index (χ2n) is 7.81. The molecule has 2 aromatic carbocycles. The number of carbonyl (C=O) groups excluding carboxylic acids is 2. The van der Waals surface area contributed by atoms with Crippen molar-refractivity contribution in [1.82, 2.24) is 4.90 Å². The Labute approximate surface area is 171 Å². The number of carbonyl (C=O) groups is 2. The van der Waals surface area contributed by atoms with Crippen LogP contribution in [0.3, 0.4) is 0 Å². The van der Waals surface area contributed by atoms with Gasteiger partial charge in [0.2, 0.25) is 5.91 Å². The fourth-order valence-electron chi connectivity index (χ4n) is 4.14. The molecule has 2 aromatic rings. The number of nitrogens with zero attached hydrogens (tertiary/aromatic N) is 1. The molecule has 0 bridgehead atoms. The van der Waals surface area contributed by atoms with Crippen LogP contribution in [0.1, 0.15) is 36.0 Å². The Morgan fingerprint density at radius 1 is 0.862 bits per heavy atom. The molecular formula is C24H27NO4. The topological polar surface area (TPSA) is 55.8 Å². The van der Waals surface area contributed by atoms with Crippen LogP contribution in [0.4, 0.5) is 0 Å². The summed E-state index contributed by atoms with van der Waals surface area (Å²) in [6.07, 6.45) is 3.28. The standard InChI is InChI=1S/C24H27NO4/c26-23(18-8-10-22(11-9-18)29-21-6-2-1-3-7-21)20-5-4-14-25(17-20)24(27)19-12-15-28-16-13-19/h1-3,6-11,19-20H,4-5,12-17H2/t20-/m1/s1. The molecule has 2 fully saturated rings. The molecule has 0 aliphatic carbocycles. The number of benzene rings is 2. The molecule has 0 N–H and O–H groups in total. The zero-order chi connectivity index (χ0) is 20.1. The maximum Gasteiger partial charge on any atom is 0.225 e. The number of likely N-dealkylation sites (tertiary alicyclic amines) is 1. The van der Waals surface area contributed by atoms with Gasteiger partial charge in [-0.15, -0.1) is 0 Å². The maximum absolute atomic E-state index is 13.0. The van der Waals surface area contributed by atoms with Crippen LogP contribution < -0.4 is 4.74 Å². The van der Waals surface area contributed by atoms with Gasteiger partial charge in [-0.3, -0.25) is 9.59 Å². The van der Waals surface area contributed by atoms with Gasteiger partial charge in [-0.25, -0.2) is 0 Å². The number of rotatable bonds is 5. The predicted octanol–water partition coefficient (Wildman–Crippen LogP) is 4.33. The molecule has 0 spiro atoms. The summed E-state index contributed by atoms with van der Waals surface area (Å²) in [5.74, 6) is 1.69. The number of amides is 1. The van der Waals surface area contributed by atoms with Crippen molar-refractivity contribution in [2.45, 2.75) is 25.7 Å². The van der Waals surface area contributed by atoms with Gasteiger partial charge in [0, 0.05) is 43.7 Å². The third-order valence-electron chi connectivity index (χ3n) is 5.79. The Kier molecular flexibility index (Phi) is 6.25. The molecule has 1 amide bonds. The van der Waals surface area contributed by atoms with Crippen molar-refractivity contribution >= 4 is 11.7 Å². The molecular weight excluding hydrogens is 366 g/mol. The van der Waals surface area contributed by atoms with Gasteiger partial charge in [-0.1, -0.05) is 18.2 Å². The zero-order valence-electron chi connectivity index (χ0n) is 16.6. The summed E-state index contributed by atoms with van der Waals surface area (Å²) in [5.41, 5.74) is 0.677. The number of hydrogen-bond donors (Lipinski definition) is 0. The molecule has 5 heteroatoms. The van der Waals surface area contributed by atoms with Gasteiger partial charge in [0.15, 0.2) is 5.78 Å². The molecule has 0 radical (unpaired) electrons. The van der Waals surface area contributed by atoms with Crippen molar-refractivity contribution < 1.29 is 19.1 Å². The van der Waals surface area contributed by atoms with Crippen LogP contribution in [-0.4, -0.2) is 42.9 Å². The number of piperidine rings is 1. The van der Waals surface area contributed by atoms with Gasteiger partial charge < -0.3 is 14.4 Å². The molecule has 0 aromatic heterocycles. The van der Waals surface area contributed by atoms with E-state index in [1.54, 1.807) is 0 Å². The van der Waals surface area contributed by atoms with Gasteiger partial charge in [-0.05, 0) is 62.1 Å².